The monoisotopic (exact) mass is 306 g/mol. The maximum Gasteiger partial charge on any atom is 0.323 e. The Bertz CT molecular complexity index is 504. The first-order valence-corrected chi connectivity index (χ1v) is 7.90. The van der Waals surface area contributed by atoms with Gasteiger partial charge in [0, 0.05) is 0 Å². The molecule has 1 aromatic rings. The zero-order chi connectivity index (χ0) is 16.6. The van der Waals surface area contributed by atoms with Gasteiger partial charge in [0.2, 0.25) is 0 Å². The van der Waals surface area contributed by atoms with Gasteiger partial charge in [-0.05, 0) is 31.7 Å². The van der Waals surface area contributed by atoms with E-state index in [1.165, 1.54) is 0 Å². The molecule has 0 unspecified atom stereocenters. The Morgan fingerprint density at radius 1 is 1.05 bits per heavy atom. The molecule has 0 heterocycles. The van der Waals surface area contributed by atoms with Gasteiger partial charge in [-0.3, -0.25) is 9.59 Å². The second-order valence-electron chi connectivity index (χ2n) is 5.49. The molecule has 4 nitrogen and oxygen atoms in total. The molecular formula is C18H26O4. The SMILES string of the molecule is CCCOC(=O)C(CC)(CC)C(=O)OCc1cccc(C)c1. The van der Waals surface area contributed by atoms with Crippen LogP contribution in [0.5, 0.6) is 0 Å². The summed E-state index contributed by atoms with van der Waals surface area (Å²) < 4.78 is 10.6. The molecule has 22 heavy (non-hydrogen) atoms. The molecule has 4 heteroatoms. The van der Waals surface area contributed by atoms with E-state index in [-0.39, 0.29) is 6.61 Å². The van der Waals surface area contributed by atoms with Crippen molar-refractivity contribution in [1.82, 2.24) is 0 Å². The summed E-state index contributed by atoms with van der Waals surface area (Å²) in [6.45, 7) is 8.02. The van der Waals surface area contributed by atoms with Crippen LogP contribution < -0.4 is 0 Å². The standard InChI is InChI=1S/C18H26O4/c1-5-11-21-16(19)18(6-2,7-3)17(20)22-13-15-10-8-9-14(4)12-15/h8-10,12H,5-7,11,13H2,1-4H3. The van der Waals surface area contributed by atoms with Crippen molar-refractivity contribution >= 4 is 11.9 Å². The molecule has 0 bridgehead atoms. The normalized spacial score (nSPS) is 11.1. The molecule has 0 N–H and O–H groups in total. The molecule has 0 atom stereocenters. The fourth-order valence-electron chi connectivity index (χ4n) is 2.33. The van der Waals surface area contributed by atoms with E-state index < -0.39 is 17.4 Å². The van der Waals surface area contributed by atoms with Gasteiger partial charge in [0.25, 0.3) is 0 Å². The average Bonchev–Trinajstić information content (AvgIpc) is 2.52. The van der Waals surface area contributed by atoms with Crippen molar-refractivity contribution in [3.8, 4) is 0 Å². The summed E-state index contributed by atoms with van der Waals surface area (Å²) in [6, 6.07) is 7.76. The van der Waals surface area contributed by atoms with Crippen LogP contribution in [0.1, 0.15) is 51.2 Å². The summed E-state index contributed by atoms with van der Waals surface area (Å²) in [7, 11) is 0. The fraction of sp³-hybridized carbons (Fsp3) is 0.556. The zero-order valence-electron chi connectivity index (χ0n) is 14.0. The summed E-state index contributed by atoms with van der Waals surface area (Å²) in [5, 5.41) is 0. The lowest BCUT2D eigenvalue weighted by molar-refractivity contribution is -0.174. The summed E-state index contributed by atoms with van der Waals surface area (Å²) in [5.74, 6) is -0.978. The van der Waals surface area contributed by atoms with Crippen LogP contribution in [-0.2, 0) is 25.7 Å². The van der Waals surface area contributed by atoms with Crippen LogP contribution in [0.2, 0.25) is 0 Å². The Hall–Kier alpha value is -1.84. The lowest BCUT2D eigenvalue weighted by Gasteiger charge is -2.26. The van der Waals surface area contributed by atoms with Crippen molar-refractivity contribution in [3.63, 3.8) is 0 Å². The number of rotatable bonds is 8. The fourth-order valence-corrected chi connectivity index (χ4v) is 2.33. The van der Waals surface area contributed by atoms with Gasteiger partial charge >= 0.3 is 11.9 Å². The second-order valence-corrected chi connectivity index (χ2v) is 5.49. The molecule has 0 aliphatic carbocycles. The first-order chi connectivity index (χ1) is 10.5. The highest BCUT2D eigenvalue weighted by molar-refractivity contribution is 5.99. The number of aryl methyl sites for hydroxylation is 1. The maximum absolute atomic E-state index is 12.5. The van der Waals surface area contributed by atoms with Crippen molar-refractivity contribution in [2.45, 2.75) is 53.6 Å². The molecule has 0 saturated heterocycles. The molecule has 0 amide bonds. The highest BCUT2D eigenvalue weighted by Gasteiger charge is 2.45. The third-order valence-corrected chi connectivity index (χ3v) is 3.88. The van der Waals surface area contributed by atoms with E-state index in [1.54, 1.807) is 0 Å². The van der Waals surface area contributed by atoms with Crippen molar-refractivity contribution in [3.05, 3.63) is 35.4 Å². The van der Waals surface area contributed by atoms with Crippen LogP contribution in [0.25, 0.3) is 0 Å². The highest BCUT2D eigenvalue weighted by atomic mass is 16.6. The van der Waals surface area contributed by atoms with Crippen LogP contribution in [0, 0.1) is 12.3 Å². The topological polar surface area (TPSA) is 52.6 Å². The molecule has 1 rings (SSSR count). The van der Waals surface area contributed by atoms with Crippen LogP contribution in [0.15, 0.2) is 24.3 Å². The number of benzene rings is 1. The predicted molar refractivity (Wildman–Crippen MR) is 85.2 cm³/mol. The van der Waals surface area contributed by atoms with E-state index in [9.17, 15) is 9.59 Å². The Balaban J connectivity index is 2.78. The molecule has 0 radical (unpaired) electrons. The van der Waals surface area contributed by atoms with Gasteiger partial charge in [-0.1, -0.05) is 50.6 Å². The molecule has 122 valence electrons. The van der Waals surface area contributed by atoms with Crippen molar-refractivity contribution in [2.75, 3.05) is 6.61 Å². The second kappa shape index (κ2) is 8.57. The Kier molecular flexibility index (Phi) is 7.09. The lowest BCUT2D eigenvalue weighted by atomic mass is 9.82. The van der Waals surface area contributed by atoms with Crippen molar-refractivity contribution < 1.29 is 19.1 Å². The summed E-state index contributed by atoms with van der Waals surface area (Å²) in [6.07, 6.45) is 1.48. The number of hydrogen-bond acceptors (Lipinski definition) is 4. The first-order valence-electron chi connectivity index (χ1n) is 7.90. The highest BCUT2D eigenvalue weighted by Crippen LogP contribution is 2.30. The Labute approximate surface area is 132 Å². The van der Waals surface area contributed by atoms with Gasteiger partial charge in [0.15, 0.2) is 5.41 Å². The molecule has 0 aliphatic rings. The third-order valence-electron chi connectivity index (χ3n) is 3.88. The average molecular weight is 306 g/mol. The zero-order valence-corrected chi connectivity index (χ0v) is 14.0. The number of esters is 2. The predicted octanol–water partition coefficient (Wildman–Crippen LogP) is 3.80. The molecule has 0 aromatic heterocycles. The van der Waals surface area contributed by atoms with Gasteiger partial charge in [-0.25, -0.2) is 0 Å². The van der Waals surface area contributed by atoms with Gasteiger partial charge in [-0.15, -0.1) is 0 Å². The van der Waals surface area contributed by atoms with E-state index >= 15 is 0 Å². The third kappa shape index (κ3) is 4.33. The lowest BCUT2D eigenvalue weighted by Crippen LogP contribution is -2.41. The van der Waals surface area contributed by atoms with Crippen LogP contribution in [0.4, 0.5) is 0 Å². The number of ether oxygens (including phenoxy) is 2. The minimum absolute atomic E-state index is 0.170. The van der Waals surface area contributed by atoms with E-state index in [0.717, 1.165) is 17.5 Å². The minimum Gasteiger partial charge on any atom is -0.465 e. The molecule has 1 aromatic carbocycles. The molecular weight excluding hydrogens is 280 g/mol. The molecule has 0 spiro atoms. The van der Waals surface area contributed by atoms with Crippen LogP contribution in [-0.4, -0.2) is 18.5 Å². The molecule has 0 saturated carbocycles. The summed E-state index contributed by atoms with van der Waals surface area (Å²) in [5.41, 5.74) is 0.823. The number of carbonyl (C=O) groups is 2. The molecule has 0 aliphatic heterocycles. The largest absolute Gasteiger partial charge is 0.465 e. The van der Waals surface area contributed by atoms with Crippen LogP contribution in [0.3, 0.4) is 0 Å². The van der Waals surface area contributed by atoms with Gasteiger partial charge in [-0.2, -0.15) is 0 Å². The first kappa shape index (κ1) is 18.2. The van der Waals surface area contributed by atoms with Gasteiger partial charge in [0.1, 0.15) is 6.61 Å². The quantitative estimate of drug-likeness (QED) is 0.541. The minimum atomic E-state index is -1.20. The number of carbonyl (C=O) groups excluding carboxylic acids is 2. The smallest absolute Gasteiger partial charge is 0.323 e. The van der Waals surface area contributed by atoms with E-state index in [4.69, 9.17) is 9.47 Å². The maximum atomic E-state index is 12.5. The van der Waals surface area contributed by atoms with Gasteiger partial charge < -0.3 is 9.47 Å². The Morgan fingerprint density at radius 2 is 1.68 bits per heavy atom. The van der Waals surface area contributed by atoms with Crippen molar-refractivity contribution in [1.29, 1.82) is 0 Å². The van der Waals surface area contributed by atoms with Crippen LogP contribution >= 0.6 is 0 Å². The van der Waals surface area contributed by atoms with E-state index in [0.29, 0.717) is 19.4 Å². The Morgan fingerprint density at radius 3 is 2.23 bits per heavy atom. The van der Waals surface area contributed by atoms with Gasteiger partial charge in [0.05, 0.1) is 6.61 Å². The summed E-state index contributed by atoms with van der Waals surface area (Å²) >= 11 is 0. The molecule has 0 fully saturated rings. The summed E-state index contributed by atoms with van der Waals surface area (Å²) in [4.78, 5) is 24.7. The van der Waals surface area contributed by atoms with E-state index in [2.05, 4.69) is 0 Å². The number of hydrogen-bond donors (Lipinski definition) is 0. The van der Waals surface area contributed by atoms with E-state index in [1.807, 2.05) is 52.0 Å². The van der Waals surface area contributed by atoms with Crippen molar-refractivity contribution in [2.24, 2.45) is 5.41 Å².